The van der Waals surface area contributed by atoms with Gasteiger partial charge in [0.1, 0.15) is 0 Å². The Balaban J connectivity index is 4.14. The second kappa shape index (κ2) is 2.32. The Morgan fingerprint density at radius 2 is 1.44 bits per heavy atom. The Kier molecular flexibility index (Phi) is 2.32. The van der Waals surface area contributed by atoms with Gasteiger partial charge in [-0.15, -0.1) is 0 Å². The molecule has 6 heteroatoms. The number of halogens is 5. The molecule has 0 atom stereocenters. The first-order valence-corrected chi connectivity index (χ1v) is 2.24. The summed E-state index contributed by atoms with van der Waals surface area (Å²) >= 11 is 3.00. The van der Waals surface area contributed by atoms with Crippen LogP contribution >= 0.6 is 12.6 Å². The van der Waals surface area contributed by atoms with Crippen molar-refractivity contribution in [1.29, 1.82) is 0 Å². The molecular weight excluding hydrogens is 163 g/mol. The van der Waals surface area contributed by atoms with Crippen LogP contribution in [0.2, 0.25) is 0 Å². The molecular formula is C3H2F5S. The first kappa shape index (κ1) is 9.00. The van der Waals surface area contributed by atoms with E-state index in [0.717, 1.165) is 0 Å². The second-order valence-electron chi connectivity index (χ2n) is 1.35. The summed E-state index contributed by atoms with van der Waals surface area (Å²) in [6, 6.07) is 0. The first-order valence-electron chi connectivity index (χ1n) is 1.83. The lowest BCUT2D eigenvalue weighted by Crippen LogP contribution is -2.37. The zero-order valence-electron chi connectivity index (χ0n) is 4.01. The van der Waals surface area contributed by atoms with Crippen LogP contribution in [0.15, 0.2) is 0 Å². The highest BCUT2D eigenvalue weighted by Gasteiger charge is 2.54. The van der Waals surface area contributed by atoms with Crippen molar-refractivity contribution >= 4 is 12.6 Å². The van der Waals surface area contributed by atoms with E-state index in [2.05, 4.69) is 12.6 Å². The Morgan fingerprint density at radius 3 is 1.44 bits per heavy atom. The summed E-state index contributed by atoms with van der Waals surface area (Å²) in [5, 5.41) is -4.68. The lowest BCUT2D eigenvalue weighted by molar-refractivity contribution is -0.159. The van der Waals surface area contributed by atoms with Gasteiger partial charge in [-0.3, -0.25) is 0 Å². The number of hydrogen-bond acceptors (Lipinski definition) is 0. The summed E-state index contributed by atoms with van der Waals surface area (Å²) in [6.45, 7) is -2.43. The van der Waals surface area contributed by atoms with E-state index in [-0.39, 0.29) is 0 Å². The average molecular weight is 165 g/mol. The van der Waals surface area contributed by atoms with E-state index >= 15 is 0 Å². The lowest BCUT2D eigenvalue weighted by Gasteiger charge is -2.16. The fourth-order valence-electron chi connectivity index (χ4n) is 0.0778. The van der Waals surface area contributed by atoms with Gasteiger partial charge in [-0.25, -0.2) is 4.39 Å². The maximum absolute atomic E-state index is 11.4. The van der Waals surface area contributed by atoms with Gasteiger partial charge in [0.05, 0.1) is 0 Å². The summed E-state index contributed by atoms with van der Waals surface area (Å²) in [7, 11) is 0. The van der Waals surface area contributed by atoms with E-state index < -0.39 is 17.9 Å². The number of rotatable bonds is 2. The van der Waals surface area contributed by atoms with Gasteiger partial charge < -0.3 is 0 Å². The Labute approximate surface area is 53.5 Å². The largest absolute Gasteiger partial charge is 0.368 e. The first-order chi connectivity index (χ1) is 3.81. The number of hydrogen-bond donors (Lipinski definition) is 0. The van der Waals surface area contributed by atoms with Gasteiger partial charge in [-0.1, -0.05) is 0 Å². The Hall–Kier alpha value is -0.0000000000000000555. The minimum atomic E-state index is -4.71. The molecule has 0 saturated carbocycles. The summed E-state index contributed by atoms with van der Waals surface area (Å²) in [4.78, 5) is 0. The van der Waals surface area contributed by atoms with Crippen LogP contribution in [0.3, 0.4) is 0 Å². The molecule has 0 bridgehead atoms. The van der Waals surface area contributed by atoms with E-state index in [4.69, 9.17) is 0 Å². The SMILES string of the molecule is FCC(F)(F)C(F)(F)[S]. The van der Waals surface area contributed by atoms with Crippen molar-refractivity contribution in [1.82, 2.24) is 0 Å². The molecule has 0 spiro atoms. The summed E-state index contributed by atoms with van der Waals surface area (Å²) < 4.78 is 56.5. The van der Waals surface area contributed by atoms with E-state index in [0.29, 0.717) is 0 Å². The van der Waals surface area contributed by atoms with Crippen LogP contribution in [0.5, 0.6) is 0 Å². The van der Waals surface area contributed by atoms with E-state index in [1.165, 1.54) is 0 Å². The highest BCUT2D eigenvalue weighted by molar-refractivity contribution is 7.81. The Bertz CT molecular complexity index is 94.9. The van der Waals surface area contributed by atoms with Gasteiger partial charge in [0, 0.05) is 0 Å². The highest BCUT2D eigenvalue weighted by atomic mass is 32.1. The van der Waals surface area contributed by atoms with Crippen LogP contribution in [0.1, 0.15) is 0 Å². The Morgan fingerprint density at radius 1 is 1.11 bits per heavy atom. The number of alkyl halides is 5. The van der Waals surface area contributed by atoms with Crippen LogP contribution in [0, 0.1) is 0 Å². The minimum absolute atomic E-state index is 2.43. The molecule has 0 fully saturated rings. The van der Waals surface area contributed by atoms with Crippen molar-refractivity contribution in [2.24, 2.45) is 0 Å². The molecule has 0 aliphatic heterocycles. The molecule has 55 valence electrons. The van der Waals surface area contributed by atoms with Crippen LogP contribution < -0.4 is 0 Å². The van der Waals surface area contributed by atoms with Crippen molar-refractivity contribution in [2.75, 3.05) is 6.67 Å². The molecule has 0 unspecified atom stereocenters. The van der Waals surface area contributed by atoms with Crippen molar-refractivity contribution in [3.8, 4) is 0 Å². The van der Waals surface area contributed by atoms with Crippen LogP contribution in [0.25, 0.3) is 0 Å². The summed E-state index contributed by atoms with van der Waals surface area (Å²) in [5.74, 6) is -4.71. The molecule has 0 nitrogen and oxygen atoms in total. The fourth-order valence-corrected chi connectivity index (χ4v) is 0.132. The normalized spacial score (nSPS) is 14.0. The molecule has 0 aromatic heterocycles. The van der Waals surface area contributed by atoms with Crippen LogP contribution in [-0.4, -0.2) is 17.9 Å². The van der Waals surface area contributed by atoms with Crippen molar-refractivity contribution in [3.05, 3.63) is 0 Å². The van der Waals surface area contributed by atoms with Gasteiger partial charge >= 0.3 is 11.2 Å². The maximum Gasteiger partial charge on any atom is 0.368 e. The highest BCUT2D eigenvalue weighted by Crippen LogP contribution is 2.37. The third kappa shape index (κ3) is 2.00. The van der Waals surface area contributed by atoms with Gasteiger partial charge in [-0.05, 0) is 12.6 Å². The topological polar surface area (TPSA) is 0 Å². The fraction of sp³-hybridized carbons (Fsp3) is 1.00. The summed E-state index contributed by atoms with van der Waals surface area (Å²) in [5.41, 5.74) is 0. The maximum atomic E-state index is 11.4. The molecule has 0 aromatic carbocycles. The third-order valence-electron chi connectivity index (χ3n) is 0.594. The second-order valence-corrected chi connectivity index (χ2v) is 1.87. The van der Waals surface area contributed by atoms with Crippen LogP contribution in [-0.2, 0) is 0 Å². The zero-order valence-corrected chi connectivity index (χ0v) is 4.82. The molecule has 0 rings (SSSR count). The van der Waals surface area contributed by atoms with E-state index in [1.54, 1.807) is 0 Å². The van der Waals surface area contributed by atoms with Gasteiger partial charge in [-0.2, -0.15) is 17.6 Å². The average Bonchev–Trinajstić information content (AvgIpc) is 1.64. The molecule has 0 aliphatic rings. The van der Waals surface area contributed by atoms with E-state index in [1.807, 2.05) is 0 Å². The zero-order chi connectivity index (χ0) is 7.71. The quantitative estimate of drug-likeness (QED) is 0.551. The van der Waals surface area contributed by atoms with Crippen LogP contribution in [0.4, 0.5) is 22.0 Å². The molecule has 0 N–H and O–H groups in total. The molecule has 0 amide bonds. The van der Waals surface area contributed by atoms with Crippen molar-refractivity contribution in [2.45, 2.75) is 11.2 Å². The summed E-state index contributed by atoms with van der Waals surface area (Å²) in [6.07, 6.45) is 0. The predicted octanol–water partition coefficient (Wildman–Crippen LogP) is 2.38. The van der Waals surface area contributed by atoms with Crippen molar-refractivity contribution in [3.63, 3.8) is 0 Å². The predicted molar refractivity (Wildman–Crippen MR) is 23.5 cm³/mol. The molecule has 1 radical (unpaired) electrons. The molecule has 0 aliphatic carbocycles. The molecule has 0 heterocycles. The lowest BCUT2D eigenvalue weighted by atomic mass is 10.4. The third-order valence-corrected chi connectivity index (χ3v) is 0.892. The van der Waals surface area contributed by atoms with Gasteiger partial charge in [0.15, 0.2) is 6.67 Å². The molecule has 0 aromatic rings. The smallest absolute Gasteiger partial charge is 0.244 e. The minimum Gasteiger partial charge on any atom is -0.244 e. The molecule has 0 saturated heterocycles. The standard InChI is InChI=1S/C3H2F5S/c4-1-2(5,6)3(7,8)9/h1H2. The van der Waals surface area contributed by atoms with Gasteiger partial charge in [0.25, 0.3) is 0 Å². The van der Waals surface area contributed by atoms with E-state index in [9.17, 15) is 22.0 Å². The van der Waals surface area contributed by atoms with Gasteiger partial charge in [0.2, 0.25) is 0 Å². The van der Waals surface area contributed by atoms with Crippen molar-refractivity contribution < 1.29 is 22.0 Å². The molecule has 9 heavy (non-hydrogen) atoms. The monoisotopic (exact) mass is 165 g/mol.